The normalized spacial score (nSPS) is 9.76. The average molecular weight is 280 g/mol. The number of hydrogen-bond donors (Lipinski definition) is 2. The highest BCUT2D eigenvalue weighted by molar-refractivity contribution is 6.05. The van der Waals surface area contributed by atoms with Gasteiger partial charge in [-0.25, -0.2) is 4.98 Å². The van der Waals surface area contributed by atoms with Crippen LogP contribution in [-0.4, -0.2) is 17.4 Å². The molecule has 5 nitrogen and oxygen atoms in total. The van der Waals surface area contributed by atoms with Crippen LogP contribution in [-0.2, 0) is 0 Å². The van der Waals surface area contributed by atoms with Gasteiger partial charge in [-0.3, -0.25) is 4.79 Å². The molecule has 0 atom stereocenters. The fraction of sp³-hybridized carbons (Fsp3) is 0.188. The number of carbonyl (C=O) groups excluding carboxylic acids is 1. The summed E-state index contributed by atoms with van der Waals surface area (Å²) in [6.07, 6.45) is 1.58. The zero-order valence-electron chi connectivity index (χ0n) is 12.0. The second-order valence-corrected chi connectivity index (χ2v) is 4.52. The summed E-state index contributed by atoms with van der Waals surface area (Å²) in [4.78, 5) is 16.4. The Balaban J connectivity index is 2.25. The summed E-state index contributed by atoms with van der Waals surface area (Å²) in [6, 6.07) is 10.8. The molecular weight excluding hydrogens is 264 g/mol. The summed E-state index contributed by atoms with van der Waals surface area (Å²) in [5, 5.41) is 15.0. The molecule has 0 radical (unpaired) electrons. The lowest BCUT2D eigenvalue weighted by molar-refractivity contribution is 0.102. The van der Waals surface area contributed by atoms with Gasteiger partial charge in [-0.1, -0.05) is 12.1 Å². The van der Waals surface area contributed by atoms with Crippen LogP contribution >= 0.6 is 0 Å². The summed E-state index contributed by atoms with van der Waals surface area (Å²) < 4.78 is 0. The monoisotopic (exact) mass is 280 g/mol. The van der Waals surface area contributed by atoms with E-state index in [-0.39, 0.29) is 5.91 Å². The molecule has 1 amide bonds. The van der Waals surface area contributed by atoms with Crippen LogP contribution in [0.2, 0.25) is 0 Å². The molecule has 0 saturated carbocycles. The highest BCUT2D eigenvalue weighted by Crippen LogP contribution is 2.19. The molecule has 0 saturated heterocycles. The van der Waals surface area contributed by atoms with Gasteiger partial charge >= 0.3 is 0 Å². The number of anilines is 2. The second kappa shape index (κ2) is 6.53. The highest BCUT2D eigenvalue weighted by atomic mass is 16.1. The van der Waals surface area contributed by atoms with Crippen molar-refractivity contribution in [3.8, 4) is 6.07 Å². The van der Waals surface area contributed by atoms with E-state index in [0.29, 0.717) is 22.6 Å². The first-order valence-corrected chi connectivity index (χ1v) is 6.66. The summed E-state index contributed by atoms with van der Waals surface area (Å²) in [5.74, 6) is 0.383. The van der Waals surface area contributed by atoms with Crippen molar-refractivity contribution in [3.63, 3.8) is 0 Å². The Bertz CT molecular complexity index is 704. The SMILES string of the molecule is CCNc1cc(C(=O)Nc2cccc(C)c2C#N)ccn1. The molecule has 0 aliphatic rings. The van der Waals surface area contributed by atoms with Gasteiger partial charge in [-0.2, -0.15) is 5.26 Å². The van der Waals surface area contributed by atoms with E-state index in [1.807, 2.05) is 26.0 Å². The number of nitrogens with one attached hydrogen (secondary N) is 2. The van der Waals surface area contributed by atoms with Crippen LogP contribution in [0.25, 0.3) is 0 Å². The van der Waals surface area contributed by atoms with Gasteiger partial charge in [0.25, 0.3) is 5.91 Å². The molecule has 0 aliphatic heterocycles. The van der Waals surface area contributed by atoms with Crippen molar-refractivity contribution < 1.29 is 4.79 Å². The van der Waals surface area contributed by atoms with Gasteiger partial charge in [0.1, 0.15) is 11.9 Å². The fourth-order valence-corrected chi connectivity index (χ4v) is 1.96. The van der Waals surface area contributed by atoms with Crippen molar-refractivity contribution in [2.75, 3.05) is 17.2 Å². The number of aryl methyl sites for hydroxylation is 1. The quantitative estimate of drug-likeness (QED) is 0.902. The van der Waals surface area contributed by atoms with E-state index < -0.39 is 0 Å². The largest absolute Gasteiger partial charge is 0.370 e. The molecule has 0 fully saturated rings. The number of amides is 1. The third-order valence-corrected chi connectivity index (χ3v) is 3.01. The lowest BCUT2D eigenvalue weighted by Gasteiger charge is -2.09. The minimum absolute atomic E-state index is 0.265. The zero-order chi connectivity index (χ0) is 15.2. The molecule has 1 aromatic carbocycles. The molecule has 1 heterocycles. The van der Waals surface area contributed by atoms with Crippen LogP contribution in [0.1, 0.15) is 28.4 Å². The lowest BCUT2D eigenvalue weighted by Crippen LogP contribution is -2.14. The van der Waals surface area contributed by atoms with Crippen molar-refractivity contribution in [2.24, 2.45) is 0 Å². The molecular formula is C16H16N4O. The summed E-state index contributed by atoms with van der Waals surface area (Å²) in [7, 11) is 0. The molecule has 2 rings (SSSR count). The summed E-state index contributed by atoms with van der Waals surface area (Å²) in [6.45, 7) is 4.53. The Kier molecular flexibility index (Phi) is 4.52. The molecule has 0 aliphatic carbocycles. The summed E-state index contributed by atoms with van der Waals surface area (Å²) >= 11 is 0. The first-order chi connectivity index (χ1) is 10.2. The third kappa shape index (κ3) is 3.37. The van der Waals surface area contributed by atoms with Crippen molar-refractivity contribution >= 4 is 17.4 Å². The minimum Gasteiger partial charge on any atom is -0.370 e. The van der Waals surface area contributed by atoms with E-state index in [1.165, 1.54) is 0 Å². The number of nitriles is 1. The van der Waals surface area contributed by atoms with Crippen molar-refractivity contribution in [2.45, 2.75) is 13.8 Å². The number of pyridine rings is 1. The van der Waals surface area contributed by atoms with Crippen molar-refractivity contribution in [3.05, 3.63) is 53.2 Å². The van der Waals surface area contributed by atoms with Gasteiger partial charge in [0, 0.05) is 18.3 Å². The molecule has 5 heteroatoms. The molecule has 0 spiro atoms. The maximum atomic E-state index is 12.3. The van der Waals surface area contributed by atoms with E-state index in [4.69, 9.17) is 0 Å². The number of benzene rings is 1. The van der Waals surface area contributed by atoms with Crippen LogP contribution in [0.3, 0.4) is 0 Å². The van der Waals surface area contributed by atoms with E-state index in [0.717, 1.165) is 12.1 Å². The Hall–Kier alpha value is -2.87. The third-order valence-electron chi connectivity index (χ3n) is 3.01. The van der Waals surface area contributed by atoms with Gasteiger partial charge in [0.15, 0.2) is 0 Å². The minimum atomic E-state index is -0.265. The van der Waals surface area contributed by atoms with E-state index >= 15 is 0 Å². The molecule has 21 heavy (non-hydrogen) atoms. The van der Waals surface area contributed by atoms with Gasteiger partial charge < -0.3 is 10.6 Å². The first kappa shape index (κ1) is 14.5. The van der Waals surface area contributed by atoms with E-state index in [1.54, 1.807) is 24.4 Å². The molecule has 1 aromatic heterocycles. The Morgan fingerprint density at radius 2 is 2.19 bits per heavy atom. The van der Waals surface area contributed by atoms with Crippen LogP contribution in [0, 0.1) is 18.3 Å². The van der Waals surface area contributed by atoms with Gasteiger partial charge in [-0.15, -0.1) is 0 Å². The Morgan fingerprint density at radius 1 is 1.38 bits per heavy atom. The first-order valence-electron chi connectivity index (χ1n) is 6.66. The Morgan fingerprint density at radius 3 is 2.90 bits per heavy atom. The van der Waals surface area contributed by atoms with Crippen molar-refractivity contribution in [1.82, 2.24) is 4.98 Å². The molecule has 0 bridgehead atoms. The number of nitrogens with zero attached hydrogens (tertiary/aromatic N) is 2. The Labute approximate surface area is 123 Å². The predicted octanol–water partition coefficient (Wildman–Crippen LogP) is 2.95. The molecule has 106 valence electrons. The van der Waals surface area contributed by atoms with E-state index in [9.17, 15) is 10.1 Å². The van der Waals surface area contributed by atoms with Crippen LogP contribution in [0.5, 0.6) is 0 Å². The standard InChI is InChI=1S/C16H16N4O/c1-3-18-15-9-12(7-8-19-15)16(21)20-14-6-4-5-11(2)13(14)10-17/h4-9H,3H2,1-2H3,(H,18,19)(H,20,21). The molecule has 2 aromatic rings. The topological polar surface area (TPSA) is 77.8 Å². The highest BCUT2D eigenvalue weighted by Gasteiger charge is 2.11. The maximum absolute atomic E-state index is 12.3. The number of carbonyl (C=O) groups is 1. The van der Waals surface area contributed by atoms with Crippen LogP contribution in [0.15, 0.2) is 36.5 Å². The molecule has 2 N–H and O–H groups in total. The van der Waals surface area contributed by atoms with Gasteiger partial charge in [0.2, 0.25) is 0 Å². The van der Waals surface area contributed by atoms with Gasteiger partial charge in [-0.05, 0) is 37.6 Å². The lowest BCUT2D eigenvalue weighted by atomic mass is 10.1. The van der Waals surface area contributed by atoms with Gasteiger partial charge in [0.05, 0.1) is 11.3 Å². The predicted molar refractivity (Wildman–Crippen MR) is 82.2 cm³/mol. The summed E-state index contributed by atoms with van der Waals surface area (Å²) in [5.41, 5.74) is 2.32. The van der Waals surface area contributed by atoms with E-state index in [2.05, 4.69) is 21.7 Å². The van der Waals surface area contributed by atoms with Crippen molar-refractivity contribution in [1.29, 1.82) is 5.26 Å². The number of aromatic nitrogens is 1. The number of rotatable bonds is 4. The van der Waals surface area contributed by atoms with Crippen LogP contribution in [0.4, 0.5) is 11.5 Å². The number of hydrogen-bond acceptors (Lipinski definition) is 4. The van der Waals surface area contributed by atoms with Crippen LogP contribution < -0.4 is 10.6 Å². The maximum Gasteiger partial charge on any atom is 0.255 e. The molecule has 0 unspecified atom stereocenters. The average Bonchev–Trinajstić information content (AvgIpc) is 2.48. The smallest absolute Gasteiger partial charge is 0.255 e. The zero-order valence-corrected chi connectivity index (χ0v) is 12.0. The second-order valence-electron chi connectivity index (χ2n) is 4.52. The fourth-order valence-electron chi connectivity index (χ4n) is 1.96.